The van der Waals surface area contributed by atoms with E-state index in [0.29, 0.717) is 42.6 Å². The quantitative estimate of drug-likeness (QED) is 0.622. The number of halogens is 1. The topological polar surface area (TPSA) is 71.4 Å². The molecule has 3 heterocycles. The first-order valence-corrected chi connectivity index (χ1v) is 11.5. The number of nitrogens with zero attached hydrogens (tertiary/aromatic N) is 3. The van der Waals surface area contributed by atoms with Gasteiger partial charge in [-0.3, -0.25) is 4.79 Å². The maximum Gasteiger partial charge on any atom is 0.338 e. The first-order chi connectivity index (χ1) is 15.0. The zero-order valence-corrected chi connectivity index (χ0v) is 19.0. The van der Waals surface area contributed by atoms with Gasteiger partial charge in [0, 0.05) is 23.8 Å². The van der Waals surface area contributed by atoms with E-state index in [1.165, 1.54) is 11.8 Å². The molecule has 0 bridgehead atoms. The van der Waals surface area contributed by atoms with Crippen LogP contribution >= 0.6 is 23.4 Å². The molecule has 7 nitrogen and oxygen atoms in total. The van der Waals surface area contributed by atoms with Crippen LogP contribution in [0.5, 0.6) is 0 Å². The average molecular weight is 462 g/mol. The molecule has 4 rings (SSSR count). The van der Waals surface area contributed by atoms with E-state index in [1.807, 2.05) is 40.3 Å². The summed E-state index contributed by atoms with van der Waals surface area (Å²) in [5, 5.41) is 3.25. The summed E-state index contributed by atoms with van der Waals surface area (Å²) < 4.78 is 10.7. The van der Waals surface area contributed by atoms with Crippen molar-refractivity contribution in [2.24, 2.45) is 4.99 Å². The van der Waals surface area contributed by atoms with Crippen molar-refractivity contribution in [1.82, 2.24) is 9.80 Å². The zero-order chi connectivity index (χ0) is 22.0. The molecule has 1 saturated heterocycles. The number of morpholine rings is 1. The second kappa shape index (κ2) is 9.46. The van der Waals surface area contributed by atoms with Crippen molar-refractivity contribution < 1.29 is 19.1 Å². The normalized spacial score (nSPS) is 20.9. The predicted molar refractivity (Wildman–Crippen MR) is 120 cm³/mol. The molecule has 1 fully saturated rings. The van der Waals surface area contributed by atoms with E-state index in [0.717, 1.165) is 16.4 Å². The van der Waals surface area contributed by atoms with Gasteiger partial charge < -0.3 is 19.3 Å². The van der Waals surface area contributed by atoms with Gasteiger partial charge in [0.1, 0.15) is 0 Å². The number of ether oxygens (including phenoxy) is 2. The van der Waals surface area contributed by atoms with Gasteiger partial charge in [0.25, 0.3) is 0 Å². The number of allylic oxidation sites excluding steroid dienone is 1. The largest absolute Gasteiger partial charge is 0.463 e. The first kappa shape index (κ1) is 21.9. The van der Waals surface area contributed by atoms with Crippen LogP contribution in [0.3, 0.4) is 0 Å². The van der Waals surface area contributed by atoms with Crippen molar-refractivity contribution in [3.8, 4) is 0 Å². The van der Waals surface area contributed by atoms with Gasteiger partial charge in [-0.25, -0.2) is 9.79 Å². The van der Waals surface area contributed by atoms with E-state index < -0.39 is 12.0 Å². The van der Waals surface area contributed by atoms with E-state index in [9.17, 15) is 9.59 Å². The Morgan fingerprint density at radius 2 is 2.10 bits per heavy atom. The standard InChI is InChI=1S/C22H24ClN3O4S/c1-3-30-21(28)19-14(2)24-22-26(20(19)15-5-4-6-16(23)11-15)17(13-31-22)12-18(27)25-7-9-29-10-8-25/h4-6,11,13,20H,3,7-10,12H2,1-2H3/t20-/m1/s1. The van der Waals surface area contributed by atoms with Crippen molar-refractivity contribution in [2.45, 2.75) is 26.3 Å². The minimum absolute atomic E-state index is 0.0326. The number of carbonyl (C=O) groups is 2. The Morgan fingerprint density at radius 1 is 1.32 bits per heavy atom. The van der Waals surface area contributed by atoms with E-state index in [2.05, 4.69) is 4.99 Å². The van der Waals surface area contributed by atoms with Crippen LogP contribution in [0.1, 0.15) is 31.9 Å². The third kappa shape index (κ3) is 4.51. The van der Waals surface area contributed by atoms with Crippen molar-refractivity contribution in [3.05, 3.63) is 57.2 Å². The van der Waals surface area contributed by atoms with Gasteiger partial charge in [0.05, 0.1) is 43.6 Å². The smallest absolute Gasteiger partial charge is 0.338 e. The Labute approximate surface area is 190 Å². The van der Waals surface area contributed by atoms with Crippen LogP contribution in [-0.2, 0) is 19.1 Å². The van der Waals surface area contributed by atoms with Gasteiger partial charge in [-0.1, -0.05) is 35.5 Å². The fraction of sp³-hybridized carbons (Fsp3) is 0.409. The van der Waals surface area contributed by atoms with Gasteiger partial charge in [-0.05, 0) is 37.0 Å². The number of amides is 1. The molecule has 0 aromatic heterocycles. The number of carbonyl (C=O) groups excluding carboxylic acids is 2. The minimum atomic E-state index is -0.469. The first-order valence-electron chi connectivity index (χ1n) is 10.2. The Kier molecular flexibility index (Phi) is 6.69. The molecule has 0 N–H and O–H groups in total. The molecule has 1 atom stereocenters. The van der Waals surface area contributed by atoms with Crippen molar-refractivity contribution in [3.63, 3.8) is 0 Å². The number of benzene rings is 1. The second-order valence-electron chi connectivity index (χ2n) is 7.34. The van der Waals surface area contributed by atoms with Crippen LogP contribution in [0.15, 0.2) is 51.6 Å². The monoisotopic (exact) mass is 461 g/mol. The predicted octanol–water partition coefficient (Wildman–Crippen LogP) is 3.73. The van der Waals surface area contributed by atoms with Crippen molar-refractivity contribution in [1.29, 1.82) is 0 Å². The highest BCUT2D eigenvalue weighted by atomic mass is 35.5. The molecule has 1 aromatic rings. The number of esters is 1. The van der Waals surface area contributed by atoms with Crippen molar-refractivity contribution >= 4 is 40.4 Å². The van der Waals surface area contributed by atoms with Crippen LogP contribution in [0.4, 0.5) is 0 Å². The lowest BCUT2D eigenvalue weighted by molar-refractivity contribution is -0.139. The average Bonchev–Trinajstić information content (AvgIpc) is 3.15. The minimum Gasteiger partial charge on any atom is -0.463 e. The highest BCUT2D eigenvalue weighted by Crippen LogP contribution is 2.45. The molecule has 164 valence electrons. The zero-order valence-electron chi connectivity index (χ0n) is 17.5. The summed E-state index contributed by atoms with van der Waals surface area (Å²) in [4.78, 5) is 34.3. The number of hydrogen-bond acceptors (Lipinski definition) is 7. The van der Waals surface area contributed by atoms with E-state index in [1.54, 1.807) is 13.0 Å². The van der Waals surface area contributed by atoms with E-state index >= 15 is 0 Å². The molecule has 31 heavy (non-hydrogen) atoms. The number of thioether (sulfide) groups is 1. The van der Waals surface area contributed by atoms with E-state index in [4.69, 9.17) is 21.1 Å². The fourth-order valence-corrected chi connectivity index (χ4v) is 5.07. The molecule has 0 spiro atoms. The summed E-state index contributed by atoms with van der Waals surface area (Å²) in [5.74, 6) is -0.381. The Bertz CT molecular complexity index is 985. The third-order valence-electron chi connectivity index (χ3n) is 5.36. The van der Waals surface area contributed by atoms with Gasteiger partial charge in [0.15, 0.2) is 5.17 Å². The van der Waals surface area contributed by atoms with Gasteiger partial charge in [-0.2, -0.15) is 0 Å². The second-order valence-corrected chi connectivity index (χ2v) is 8.61. The molecular weight excluding hydrogens is 438 g/mol. The van der Waals surface area contributed by atoms with Crippen molar-refractivity contribution in [2.75, 3.05) is 32.9 Å². The Balaban J connectivity index is 1.69. The summed E-state index contributed by atoms with van der Waals surface area (Å²) in [6.45, 7) is 6.13. The lowest BCUT2D eigenvalue weighted by atomic mass is 9.94. The van der Waals surface area contributed by atoms with E-state index in [-0.39, 0.29) is 18.9 Å². The Hall–Kier alpha value is -2.29. The number of aliphatic imine (C=N–C) groups is 1. The van der Waals surface area contributed by atoms with Crippen LogP contribution in [0, 0.1) is 0 Å². The highest BCUT2D eigenvalue weighted by Gasteiger charge is 2.41. The summed E-state index contributed by atoms with van der Waals surface area (Å²) in [7, 11) is 0. The molecular formula is C22H24ClN3O4S. The summed E-state index contributed by atoms with van der Waals surface area (Å²) in [5.41, 5.74) is 2.71. The molecule has 9 heteroatoms. The number of hydrogen-bond donors (Lipinski definition) is 0. The molecule has 3 aliphatic rings. The lowest BCUT2D eigenvalue weighted by Gasteiger charge is -2.37. The molecule has 3 aliphatic heterocycles. The van der Waals surface area contributed by atoms with Gasteiger partial charge >= 0.3 is 5.97 Å². The Morgan fingerprint density at radius 3 is 2.81 bits per heavy atom. The maximum atomic E-state index is 12.9. The fourth-order valence-electron chi connectivity index (χ4n) is 3.91. The summed E-state index contributed by atoms with van der Waals surface area (Å²) in [6, 6.07) is 6.94. The third-order valence-corrected chi connectivity index (χ3v) is 6.48. The summed E-state index contributed by atoms with van der Waals surface area (Å²) in [6.07, 6.45) is 0.220. The molecule has 0 aliphatic carbocycles. The summed E-state index contributed by atoms with van der Waals surface area (Å²) >= 11 is 7.74. The molecule has 1 amide bonds. The molecule has 0 radical (unpaired) electrons. The van der Waals surface area contributed by atoms with Crippen LogP contribution in [0.25, 0.3) is 0 Å². The van der Waals surface area contributed by atoms with Crippen LogP contribution in [0.2, 0.25) is 5.02 Å². The molecule has 1 aromatic carbocycles. The number of fused-ring (bicyclic) bond motifs is 1. The number of amidine groups is 1. The van der Waals surface area contributed by atoms with Crippen LogP contribution < -0.4 is 0 Å². The molecule has 0 saturated carbocycles. The number of rotatable bonds is 5. The SMILES string of the molecule is CCOC(=O)C1=C(C)N=C2SC=C(CC(=O)N3CCOCC3)N2[C@@H]1c1cccc(Cl)c1. The van der Waals surface area contributed by atoms with Crippen LogP contribution in [-0.4, -0.2) is 59.8 Å². The van der Waals surface area contributed by atoms with Gasteiger partial charge in [0.2, 0.25) is 5.91 Å². The molecule has 0 unspecified atom stereocenters. The highest BCUT2D eigenvalue weighted by molar-refractivity contribution is 8.16. The maximum absolute atomic E-state index is 12.9. The lowest BCUT2D eigenvalue weighted by Crippen LogP contribution is -2.42. The van der Waals surface area contributed by atoms with Gasteiger partial charge in [-0.15, -0.1) is 0 Å².